The van der Waals surface area contributed by atoms with Crippen molar-refractivity contribution >= 4 is 23.9 Å². The molecule has 17 atom stereocenters. The van der Waals surface area contributed by atoms with Crippen LogP contribution in [0.2, 0.25) is 0 Å². The van der Waals surface area contributed by atoms with Crippen molar-refractivity contribution in [3.05, 3.63) is 251 Å². The molecule has 2 fully saturated rings. The van der Waals surface area contributed by atoms with Gasteiger partial charge in [0.25, 0.3) is 0 Å². The van der Waals surface area contributed by atoms with E-state index in [9.17, 15) is 19.2 Å². The summed E-state index contributed by atoms with van der Waals surface area (Å²) in [4.78, 5) is 58.3. The first-order valence-corrected chi connectivity index (χ1v) is 45.5. The quantitative estimate of drug-likeness (QED) is 0.0199. The fourth-order valence-corrected chi connectivity index (χ4v) is 16.0. The molecule has 0 saturated carbocycles. The Labute approximate surface area is 724 Å². The van der Waals surface area contributed by atoms with Crippen molar-refractivity contribution in [2.24, 2.45) is 47.3 Å². The number of rotatable bonds is 57. The highest BCUT2D eigenvalue weighted by Gasteiger charge is 2.56. The van der Waals surface area contributed by atoms with Gasteiger partial charge in [0.15, 0.2) is 30.9 Å². The Morgan fingerprint density at radius 3 is 1.00 bits per heavy atom. The summed E-state index contributed by atoms with van der Waals surface area (Å²) >= 11 is 0. The van der Waals surface area contributed by atoms with E-state index in [0.717, 1.165) is 66.0 Å². The number of carbonyl (C=O) groups is 4. The van der Waals surface area contributed by atoms with Gasteiger partial charge in [-0.25, -0.2) is 19.2 Å². The summed E-state index contributed by atoms with van der Waals surface area (Å²) in [6, 6.07) is 62.7. The van der Waals surface area contributed by atoms with Gasteiger partial charge in [-0.1, -0.05) is 349 Å². The van der Waals surface area contributed by atoms with Gasteiger partial charge in [0.05, 0.1) is 61.9 Å². The Hall–Kier alpha value is -7.94. The lowest BCUT2D eigenvalue weighted by Gasteiger charge is -2.47. The summed E-state index contributed by atoms with van der Waals surface area (Å²) in [6.45, 7) is 24.4. The molecule has 0 aliphatic carbocycles. The number of ether oxygens (including phenoxy) is 13. The van der Waals surface area contributed by atoms with Crippen molar-refractivity contribution < 1.29 is 80.8 Å². The number of hydrogen-bond donors (Lipinski definition) is 0. The fourth-order valence-electron chi connectivity index (χ4n) is 16.0. The average Bonchev–Trinajstić information content (AvgIpc) is 0.774. The molecule has 17 nitrogen and oxygen atoms in total. The molecule has 660 valence electrons. The van der Waals surface area contributed by atoms with Crippen LogP contribution in [0.5, 0.6) is 0 Å². The van der Waals surface area contributed by atoms with Gasteiger partial charge in [0.2, 0.25) is 0 Å². The smallest absolute Gasteiger partial charge is 0.338 e. The zero-order valence-electron chi connectivity index (χ0n) is 74.1. The van der Waals surface area contributed by atoms with E-state index < -0.39 is 105 Å². The van der Waals surface area contributed by atoms with Crippen molar-refractivity contribution in [1.29, 1.82) is 0 Å². The Balaban J connectivity index is 1.02. The number of hydrogen-bond acceptors (Lipinski definition) is 17. The molecule has 17 heteroatoms. The third kappa shape index (κ3) is 35.7. The Morgan fingerprint density at radius 1 is 0.289 bits per heavy atom. The molecular weight excluding hydrogens is 1520 g/mol. The summed E-state index contributed by atoms with van der Waals surface area (Å²) in [7, 11) is 0. The molecular formula is C104H142O17. The van der Waals surface area contributed by atoms with Gasteiger partial charge >= 0.3 is 23.9 Å². The highest BCUT2D eigenvalue weighted by Crippen LogP contribution is 2.37. The predicted molar refractivity (Wildman–Crippen MR) is 476 cm³/mol. The first kappa shape index (κ1) is 96.9. The zero-order chi connectivity index (χ0) is 85.8. The third-order valence-corrected chi connectivity index (χ3v) is 23.6. The van der Waals surface area contributed by atoms with Crippen LogP contribution in [0, 0.1) is 47.3 Å². The second-order valence-electron chi connectivity index (χ2n) is 35.4. The number of benzene rings is 7. The molecule has 2 saturated heterocycles. The molecule has 7 unspecified atom stereocenters. The summed E-state index contributed by atoms with van der Waals surface area (Å²) < 4.78 is 89.5. The summed E-state index contributed by atoms with van der Waals surface area (Å²) in [5, 5.41) is 0. The molecule has 0 amide bonds. The highest BCUT2D eigenvalue weighted by molar-refractivity contribution is 5.91. The summed E-state index contributed by atoms with van der Waals surface area (Å²) in [6.07, 6.45) is 10.4. The van der Waals surface area contributed by atoms with E-state index in [1.54, 1.807) is 121 Å². The van der Waals surface area contributed by atoms with Crippen molar-refractivity contribution in [2.75, 3.05) is 39.6 Å². The number of esters is 4. The molecule has 2 aliphatic heterocycles. The monoisotopic (exact) mass is 1660 g/mol. The molecule has 121 heavy (non-hydrogen) atoms. The SMILES string of the molecule is CC(C)CCCC(C)CCCC(C)CCCC(C)CCOCC(CO[C@H]1O[C@H](CO[C@@H]2O[C@H](COC(=O)c3ccccc3)[C@@H](OC(=O)c3ccccc3)[C@H](OC(=O)c3ccccc3)[C@H]2OC(=O)c2ccccc2)[C@@H](OCc2ccccc2)[C@H](OCc2ccccc2)[C@H]1OCc1ccccc1)OCCC(C)CCCC(C)CCCC(C)CCCC(C)C. The Morgan fingerprint density at radius 2 is 0.603 bits per heavy atom. The zero-order valence-corrected chi connectivity index (χ0v) is 74.1. The molecule has 7 aromatic carbocycles. The maximum Gasteiger partial charge on any atom is 0.338 e. The van der Waals surface area contributed by atoms with Crippen LogP contribution in [0.4, 0.5) is 0 Å². The van der Waals surface area contributed by atoms with Gasteiger partial charge in [0.1, 0.15) is 43.2 Å². The van der Waals surface area contributed by atoms with Crippen LogP contribution in [0.25, 0.3) is 0 Å². The second-order valence-corrected chi connectivity index (χ2v) is 35.4. The average molecular weight is 1660 g/mol. The predicted octanol–water partition coefficient (Wildman–Crippen LogP) is 23.1. The van der Waals surface area contributed by atoms with Crippen molar-refractivity contribution in [1.82, 2.24) is 0 Å². The molecule has 0 radical (unpaired) electrons. The van der Waals surface area contributed by atoms with Gasteiger partial charge in [-0.2, -0.15) is 0 Å². The van der Waals surface area contributed by atoms with E-state index >= 15 is 0 Å². The van der Waals surface area contributed by atoms with Crippen molar-refractivity contribution in [3.63, 3.8) is 0 Å². The van der Waals surface area contributed by atoms with Gasteiger partial charge in [0, 0.05) is 13.2 Å². The Bertz CT molecular complexity index is 3910. The summed E-state index contributed by atoms with van der Waals surface area (Å²) in [5.41, 5.74) is 3.28. The van der Waals surface area contributed by atoms with E-state index in [4.69, 9.17) is 61.6 Å². The topological polar surface area (TPSA) is 188 Å². The van der Waals surface area contributed by atoms with Gasteiger partial charge < -0.3 is 61.6 Å². The molecule has 0 aromatic heterocycles. The maximum atomic E-state index is 14.9. The first-order valence-electron chi connectivity index (χ1n) is 45.5. The first-order chi connectivity index (χ1) is 58.8. The number of carbonyl (C=O) groups excluding carboxylic acids is 4. The lowest BCUT2D eigenvalue weighted by Crippen LogP contribution is -2.64. The van der Waals surface area contributed by atoms with E-state index in [-0.39, 0.29) is 55.3 Å². The molecule has 2 aliphatic rings. The molecule has 0 spiro atoms. The van der Waals surface area contributed by atoms with Gasteiger partial charge in [-0.15, -0.1) is 0 Å². The summed E-state index contributed by atoms with van der Waals surface area (Å²) in [5.74, 6) is 2.10. The van der Waals surface area contributed by atoms with E-state index in [0.29, 0.717) is 36.9 Å². The van der Waals surface area contributed by atoms with Crippen LogP contribution in [-0.2, 0) is 81.4 Å². The van der Waals surface area contributed by atoms with Crippen LogP contribution < -0.4 is 0 Å². The van der Waals surface area contributed by atoms with Crippen LogP contribution in [0.3, 0.4) is 0 Å². The minimum Gasteiger partial charge on any atom is -0.459 e. The molecule has 0 bridgehead atoms. The second kappa shape index (κ2) is 54.6. The molecule has 0 N–H and O–H groups in total. The normalized spacial score (nSPS) is 21.0. The Kier molecular flexibility index (Phi) is 43.7. The van der Waals surface area contributed by atoms with Crippen LogP contribution in [-0.4, -0.2) is 131 Å². The minimum absolute atomic E-state index is 0.0287. The largest absolute Gasteiger partial charge is 0.459 e. The fraction of sp³-hybridized carbons (Fsp3) is 0.558. The van der Waals surface area contributed by atoms with Crippen molar-refractivity contribution in [3.8, 4) is 0 Å². The minimum atomic E-state index is -1.72. The standard InChI is InChI=1S/C104H142O17/c1-75(2)38-32-40-77(5)42-34-44-79(7)46-36-48-81(9)64-66-109-71-90(110-67-65-82(10)49-37-47-80(8)45-35-43-78(6)41-33-39-76(3)4)72-115-103-97(113-70-85-54-22-13-23-55-85)95(112-69-84-52-20-12-21-53-84)93(111-68-83-50-18-11-19-51-83)91(117-103)74-116-104-98(121-102(108)89-62-30-17-31-63-89)96(120-101(107)88-60-28-16-29-61-88)94(119-100(106)87-58-26-15-27-59-87)92(118-104)73-114-99(105)86-56-24-14-25-57-86/h11-31,50-63,75-82,90-98,103-104H,32-49,64-74H2,1-10H3/t77?,78?,79?,80?,81?,82?,90?,91-,92-,93-,94-,95+,96+,97-,98-,103+,104-/m1/s1. The van der Waals surface area contributed by atoms with Crippen LogP contribution >= 0.6 is 0 Å². The van der Waals surface area contributed by atoms with Crippen molar-refractivity contribution in [2.45, 2.75) is 285 Å². The van der Waals surface area contributed by atoms with E-state index in [1.165, 1.54) is 103 Å². The maximum absolute atomic E-state index is 14.9. The molecule has 2 heterocycles. The van der Waals surface area contributed by atoms with E-state index in [1.807, 2.05) is 91.0 Å². The molecule has 7 aromatic rings. The van der Waals surface area contributed by atoms with E-state index in [2.05, 4.69) is 69.2 Å². The highest BCUT2D eigenvalue weighted by atomic mass is 16.8. The molecule has 9 rings (SSSR count). The third-order valence-electron chi connectivity index (χ3n) is 23.6. The van der Waals surface area contributed by atoms with Crippen LogP contribution in [0.15, 0.2) is 212 Å². The van der Waals surface area contributed by atoms with Gasteiger partial charge in [-0.3, -0.25) is 0 Å². The lowest BCUT2D eigenvalue weighted by molar-refractivity contribution is -0.346. The lowest BCUT2D eigenvalue weighted by atomic mass is 9.91. The van der Waals surface area contributed by atoms with Crippen LogP contribution in [0.1, 0.15) is 256 Å². The van der Waals surface area contributed by atoms with Gasteiger partial charge in [-0.05, 0) is 125 Å².